The fraction of sp³-hybridized carbons (Fsp3) is 0.588. The van der Waals surface area contributed by atoms with E-state index in [2.05, 4.69) is 12.2 Å². The van der Waals surface area contributed by atoms with Crippen LogP contribution in [0.1, 0.15) is 52.0 Å². The van der Waals surface area contributed by atoms with Crippen molar-refractivity contribution < 1.29 is 14.3 Å². The maximum atomic E-state index is 12.1. The zero-order chi connectivity index (χ0) is 15.6. The lowest BCUT2D eigenvalue weighted by atomic mass is 9.85. The summed E-state index contributed by atoms with van der Waals surface area (Å²) in [6.07, 6.45) is 1.32. The Morgan fingerprint density at radius 3 is 2.71 bits per heavy atom. The molecule has 0 aromatic heterocycles. The SMILES string of the molecule is COc1ccc2c(c1)C(CC(=O)OC(C)(C)C)CC(C)N2. The normalized spacial score (nSPS) is 21.2. The molecule has 0 radical (unpaired) electrons. The molecular weight excluding hydrogens is 266 g/mol. The molecule has 2 unspecified atom stereocenters. The molecule has 0 bridgehead atoms. The van der Waals surface area contributed by atoms with Crippen LogP contribution in [0.25, 0.3) is 0 Å². The van der Waals surface area contributed by atoms with Gasteiger partial charge in [-0.2, -0.15) is 0 Å². The van der Waals surface area contributed by atoms with Crippen LogP contribution < -0.4 is 10.1 Å². The van der Waals surface area contributed by atoms with Gasteiger partial charge in [0.2, 0.25) is 0 Å². The molecule has 2 rings (SSSR count). The summed E-state index contributed by atoms with van der Waals surface area (Å²) in [6, 6.07) is 6.32. The number of rotatable bonds is 3. The highest BCUT2D eigenvalue weighted by atomic mass is 16.6. The van der Waals surface area contributed by atoms with Gasteiger partial charge in [-0.1, -0.05) is 0 Å². The van der Waals surface area contributed by atoms with Crippen LogP contribution in [0, 0.1) is 0 Å². The number of methoxy groups -OCH3 is 1. The smallest absolute Gasteiger partial charge is 0.306 e. The molecule has 1 aromatic carbocycles. The number of esters is 1. The standard InChI is InChI=1S/C17H25NO3/c1-11-8-12(9-16(19)21-17(2,3)4)14-10-13(20-5)6-7-15(14)18-11/h6-7,10-12,18H,8-9H2,1-5H3. The fourth-order valence-electron chi connectivity index (χ4n) is 2.79. The predicted octanol–water partition coefficient (Wildman–Crippen LogP) is 3.71. The summed E-state index contributed by atoms with van der Waals surface area (Å²) in [5, 5.41) is 3.45. The summed E-state index contributed by atoms with van der Waals surface area (Å²) in [5.74, 6) is 0.843. The molecule has 4 heteroatoms. The lowest BCUT2D eigenvalue weighted by molar-refractivity contribution is -0.155. The first-order valence-electron chi connectivity index (χ1n) is 7.45. The average molecular weight is 291 g/mol. The van der Waals surface area contributed by atoms with Gasteiger partial charge < -0.3 is 14.8 Å². The van der Waals surface area contributed by atoms with Crippen LogP contribution in [0.5, 0.6) is 5.75 Å². The number of carbonyl (C=O) groups excluding carboxylic acids is 1. The van der Waals surface area contributed by atoms with E-state index in [1.165, 1.54) is 0 Å². The zero-order valence-electron chi connectivity index (χ0n) is 13.5. The Labute approximate surface area is 126 Å². The van der Waals surface area contributed by atoms with Crippen LogP contribution >= 0.6 is 0 Å². The van der Waals surface area contributed by atoms with Crippen molar-refractivity contribution in [1.82, 2.24) is 0 Å². The van der Waals surface area contributed by atoms with Crippen molar-refractivity contribution in [2.75, 3.05) is 12.4 Å². The van der Waals surface area contributed by atoms with Crippen molar-refractivity contribution in [3.8, 4) is 5.75 Å². The molecule has 1 N–H and O–H groups in total. The highest BCUT2D eigenvalue weighted by Gasteiger charge is 2.28. The third-order valence-corrected chi connectivity index (χ3v) is 3.57. The summed E-state index contributed by atoms with van der Waals surface area (Å²) in [5.41, 5.74) is 1.79. The molecule has 0 fully saturated rings. The van der Waals surface area contributed by atoms with E-state index < -0.39 is 5.60 Å². The first-order valence-corrected chi connectivity index (χ1v) is 7.45. The summed E-state index contributed by atoms with van der Waals surface area (Å²) < 4.78 is 10.8. The minimum atomic E-state index is -0.438. The van der Waals surface area contributed by atoms with Crippen LogP contribution in [0.2, 0.25) is 0 Å². The van der Waals surface area contributed by atoms with Crippen LogP contribution in [-0.2, 0) is 9.53 Å². The quantitative estimate of drug-likeness (QED) is 0.862. The molecule has 1 heterocycles. The van der Waals surface area contributed by atoms with Gasteiger partial charge >= 0.3 is 5.97 Å². The number of ether oxygens (including phenoxy) is 2. The average Bonchev–Trinajstić information content (AvgIpc) is 2.35. The number of nitrogens with one attached hydrogen (secondary N) is 1. The summed E-state index contributed by atoms with van der Waals surface area (Å²) >= 11 is 0. The lowest BCUT2D eigenvalue weighted by Gasteiger charge is -2.32. The molecule has 4 nitrogen and oxygen atoms in total. The first-order chi connectivity index (χ1) is 9.78. The van der Waals surface area contributed by atoms with Gasteiger partial charge in [-0.25, -0.2) is 0 Å². The molecule has 1 aromatic rings. The van der Waals surface area contributed by atoms with Crippen molar-refractivity contribution in [2.45, 2.75) is 58.1 Å². The monoisotopic (exact) mass is 291 g/mol. The van der Waals surface area contributed by atoms with Crippen molar-refractivity contribution in [1.29, 1.82) is 0 Å². The van der Waals surface area contributed by atoms with Gasteiger partial charge in [0, 0.05) is 11.7 Å². The maximum absolute atomic E-state index is 12.1. The van der Waals surface area contributed by atoms with Gasteiger partial charge in [-0.15, -0.1) is 0 Å². The Balaban J connectivity index is 2.19. The number of carbonyl (C=O) groups is 1. The van der Waals surface area contributed by atoms with Gasteiger partial charge in [0.15, 0.2) is 0 Å². The van der Waals surface area contributed by atoms with Crippen molar-refractivity contribution in [3.05, 3.63) is 23.8 Å². The molecule has 1 aliphatic heterocycles. The van der Waals surface area contributed by atoms with Crippen molar-refractivity contribution in [2.24, 2.45) is 0 Å². The molecule has 0 saturated carbocycles. The Kier molecular flexibility index (Phi) is 4.45. The van der Waals surface area contributed by atoms with Crippen LogP contribution in [0.3, 0.4) is 0 Å². The van der Waals surface area contributed by atoms with Crippen molar-refractivity contribution in [3.63, 3.8) is 0 Å². The molecular formula is C17H25NO3. The fourth-order valence-corrected chi connectivity index (χ4v) is 2.79. The number of benzene rings is 1. The molecule has 116 valence electrons. The lowest BCUT2D eigenvalue weighted by Crippen LogP contribution is -2.29. The molecule has 0 saturated heterocycles. The molecule has 21 heavy (non-hydrogen) atoms. The highest BCUT2D eigenvalue weighted by molar-refractivity contribution is 5.72. The summed E-state index contributed by atoms with van der Waals surface area (Å²) in [4.78, 5) is 12.1. The second kappa shape index (κ2) is 5.96. The van der Waals surface area contributed by atoms with E-state index in [-0.39, 0.29) is 11.9 Å². The van der Waals surface area contributed by atoms with Gasteiger partial charge in [-0.05, 0) is 63.8 Å². The molecule has 1 aliphatic rings. The number of fused-ring (bicyclic) bond motifs is 1. The van der Waals surface area contributed by atoms with Crippen LogP contribution in [0.15, 0.2) is 18.2 Å². The zero-order valence-corrected chi connectivity index (χ0v) is 13.5. The highest BCUT2D eigenvalue weighted by Crippen LogP contribution is 2.38. The van der Waals surface area contributed by atoms with E-state index in [4.69, 9.17) is 9.47 Å². The van der Waals surface area contributed by atoms with Crippen LogP contribution in [-0.4, -0.2) is 24.7 Å². The molecule has 0 aliphatic carbocycles. The Morgan fingerprint density at radius 1 is 1.38 bits per heavy atom. The van der Waals surface area contributed by atoms with E-state index in [9.17, 15) is 4.79 Å². The molecule has 0 spiro atoms. The Bertz CT molecular complexity index is 519. The molecule has 0 amide bonds. The second-order valence-electron chi connectivity index (χ2n) is 6.72. The van der Waals surface area contributed by atoms with Gasteiger partial charge in [-0.3, -0.25) is 4.79 Å². The number of anilines is 1. The Morgan fingerprint density at radius 2 is 2.10 bits per heavy atom. The topological polar surface area (TPSA) is 47.6 Å². The summed E-state index contributed by atoms with van der Waals surface area (Å²) in [7, 11) is 1.66. The van der Waals surface area contributed by atoms with Gasteiger partial charge in [0.1, 0.15) is 11.4 Å². The van der Waals surface area contributed by atoms with Crippen molar-refractivity contribution >= 4 is 11.7 Å². The third kappa shape index (κ3) is 4.13. The summed E-state index contributed by atoms with van der Waals surface area (Å²) in [6.45, 7) is 7.82. The maximum Gasteiger partial charge on any atom is 0.306 e. The van der Waals surface area contributed by atoms with E-state index in [0.29, 0.717) is 12.5 Å². The minimum Gasteiger partial charge on any atom is -0.497 e. The van der Waals surface area contributed by atoms with E-state index in [0.717, 1.165) is 23.4 Å². The largest absolute Gasteiger partial charge is 0.497 e. The second-order valence-corrected chi connectivity index (χ2v) is 6.72. The van der Waals surface area contributed by atoms with Gasteiger partial charge in [0.05, 0.1) is 13.5 Å². The third-order valence-electron chi connectivity index (χ3n) is 3.57. The first kappa shape index (κ1) is 15.7. The van der Waals surface area contributed by atoms with Crippen LogP contribution in [0.4, 0.5) is 5.69 Å². The number of hydrogen-bond acceptors (Lipinski definition) is 4. The van der Waals surface area contributed by atoms with E-state index >= 15 is 0 Å². The number of hydrogen-bond donors (Lipinski definition) is 1. The van der Waals surface area contributed by atoms with Gasteiger partial charge in [0.25, 0.3) is 0 Å². The predicted molar refractivity (Wildman–Crippen MR) is 83.9 cm³/mol. The Hall–Kier alpha value is -1.71. The van der Waals surface area contributed by atoms with E-state index in [1.807, 2.05) is 39.0 Å². The molecule has 2 atom stereocenters. The minimum absolute atomic E-state index is 0.143. The van der Waals surface area contributed by atoms with E-state index in [1.54, 1.807) is 7.11 Å².